The molecular formula is C19H26N4O3. The van der Waals surface area contributed by atoms with Gasteiger partial charge in [0.2, 0.25) is 0 Å². The van der Waals surface area contributed by atoms with Crippen LogP contribution in [-0.2, 0) is 9.53 Å². The molecule has 3 N–H and O–H groups in total. The van der Waals surface area contributed by atoms with Gasteiger partial charge in [-0.3, -0.25) is 9.69 Å². The summed E-state index contributed by atoms with van der Waals surface area (Å²) in [6.45, 7) is 7.30. The van der Waals surface area contributed by atoms with Crippen molar-refractivity contribution < 1.29 is 14.3 Å². The molecule has 0 bridgehead atoms. The lowest BCUT2D eigenvalue weighted by Gasteiger charge is -2.25. The first-order valence-electron chi connectivity index (χ1n) is 8.35. The Morgan fingerprint density at radius 1 is 1.35 bits per heavy atom. The van der Waals surface area contributed by atoms with Crippen LogP contribution in [0.3, 0.4) is 0 Å². The molecule has 0 radical (unpaired) electrons. The lowest BCUT2D eigenvalue weighted by molar-refractivity contribution is -0.117. The largest absolute Gasteiger partial charge is 0.443 e. The van der Waals surface area contributed by atoms with Gasteiger partial charge in [-0.15, -0.1) is 0 Å². The first-order chi connectivity index (χ1) is 12.2. The van der Waals surface area contributed by atoms with Crippen molar-refractivity contribution in [3.8, 4) is 6.07 Å². The average molecular weight is 358 g/mol. The Labute approximate surface area is 154 Å². The number of nitrogens with two attached hydrogens (primary N) is 1. The van der Waals surface area contributed by atoms with E-state index in [9.17, 15) is 14.9 Å². The molecule has 0 aliphatic rings. The van der Waals surface area contributed by atoms with Crippen LogP contribution in [-0.4, -0.2) is 35.6 Å². The number of amides is 2. The van der Waals surface area contributed by atoms with Gasteiger partial charge in [0.1, 0.15) is 17.2 Å². The summed E-state index contributed by atoms with van der Waals surface area (Å²) >= 11 is 0. The third-order valence-corrected chi connectivity index (χ3v) is 3.30. The zero-order chi connectivity index (χ0) is 19.7. The summed E-state index contributed by atoms with van der Waals surface area (Å²) in [5.74, 6) is -0.575. The Kier molecular flexibility index (Phi) is 7.81. The minimum Gasteiger partial charge on any atom is -0.443 e. The molecule has 7 heteroatoms. The fourth-order valence-electron chi connectivity index (χ4n) is 2.06. The minimum absolute atomic E-state index is 0.127. The second kappa shape index (κ2) is 9.59. The van der Waals surface area contributed by atoms with Crippen molar-refractivity contribution in [2.24, 2.45) is 5.73 Å². The number of ether oxygens (including phenoxy) is 1. The van der Waals surface area contributed by atoms with Crippen LogP contribution in [0.5, 0.6) is 0 Å². The van der Waals surface area contributed by atoms with Crippen LogP contribution in [0.15, 0.2) is 42.1 Å². The molecule has 0 aliphatic carbocycles. The number of nitrogens with one attached hydrogen (secondary N) is 1. The maximum absolute atomic E-state index is 12.4. The normalized spacial score (nSPS) is 12.7. The fourth-order valence-corrected chi connectivity index (χ4v) is 2.06. The van der Waals surface area contributed by atoms with Crippen LogP contribution >= 0.6 is 0 Å². The summed E-state index contributed by atoms with van der Waals surface area (Å²) in [4.78, 5) is 25.8. The summed E-state index contributed by atoms with van der Waals surface area (Å²) in [6, 6.07) is 10.9. The van der Waals surface area contributed by atoms with E-state index >= 15 is 0 Å². The Morgan fingerprint density at radius 3 is 2.46 bits per heavy atom. The lowest BCUT2D eigenvalue weighted by atomic mass is 10.1. The quantitative estimate of drug-likeness (QED) is 0.600. The zero-order valence-corrected chi connectivity index (χ0v) is 15.7. The van der Waals surface area contributed by atoms with Crippen LogP contribution < -0.4 is 11.1 Å². The molecule has 1 atom stereocenters. The van der Waals surface area contributed by atoms with Crippen molar-refractivity contribution >= 4 is 12.0 Å². The Morgan fingerprint density at radius 2 is 1.96 bits per heavy atom. The first kappa shape index (κ1) is 21.2. The third-order valence-electron chi connectivity index (χ3n) is 3.30. The highest BCUT2D eigenvalue weighted by Crippen LogP contribution is 2.13. The third kappa shape index (κ3) is 6.95. The van der Waals surface area contributed by atoms with Gasteiger partial charge in [0.05, 0.1) is 6.04 Å². The second-order valence-electron chi connectivity index (χ2n) is 6.72. The molecule has 0 heterocycles. The topological polar surface area (TPSA) is 108 Å². The molecule has 7 nitrogen and oxygen atoms in total. The highest BCUT2D eigenvalue weighted by molar-refractivity contribution is 5.97. The molecule has 0 saturated heterocycles. The Balaban J connectivity index is 2.92. The van der Waals surface area contributed by atoms with Gasteiger partial charge < -0.3 is 15.8 Å². The van der Waals surface area contributed by atoms with E-state index in [-0.39, 0.29) is 24.7 Å². The maximum atomic E-state index is 12.4. The molecule has 0 saturated carbocycles. The van der Waals surface area contributed by atoms with Crippen LogP contribution in [0, 0.1) is 11.3 Å². The van der Waals surface area contributed by atoms with Gasteiger partial charge in [-0.2, -0.15) is 5.26 Å². The van der Waals surface area contributed by atoms with Gasteiger partial charge >= 0.3 is 6.09 Å². The van der Waals surface area contributed by atoms with Crippen molar-refractivity contribution in [3.63, 3.8) is 0 Å². The van der Waals surface area contributed by atoms with Crippen LogP contribution in [0.4, 0.5) is 4.79 Å². The number of rotatable bonds is 6. The number of carbonyl (C=O) groups excluding carboxylic acids is 2. The first-order valence-corrected chi connectivity index (χ1v) is 8.35. The summed E-state index contributed by atoms with van der Waals surface area (Å²) < 4.78 is 5.27. The SMILES string of the molecule is CC(NC(=O)/C(C#N)=C\N(CCN)C(=O)OC(C)(C)C)c1ccccc1. The average Bonchev–Trinajstić information content (AvgIpc) is 2.57. The highest BCUT2D eigenvalue weighted by Gasteiger charge is 2.22. The van der Waals surface area contributed by atoms with Gasteiger partial charge in [-0.25, -0.2) is 4.79 Å². The lowest BCUT2D eigenvalue weighted by Crippen LogP contribution is -2.37. The molecule has 140 valence electrons. The van der Waals surface area contributed by atoms with E-state index in [4.69, 9.17) is 10.5 Å². The summed E-state index contributed by atoms with van der Waals surface area (Å²) in [7, 11) is 0. The van der Waals surface area contributed by atoms with Crippen LogP contribution in [0.25, 0.3) is 0 Å². The van der Waals surface area contributed by atoms with Gasteiger partial charge in [0, 0.05) is 19.3 Å². The van der Waals surface area contributed by atoms with Crippen molar-refractivity contribution in [3.05, 3.63) is 47.7 Å². The highest BCUT2D eigenvalue weighted by atomic mass is 16.6. The molecule has 0 spiro atoms. The number of carbonyl (C=O) groups is 2. The van der Waals surface area contributed by atoms with Crippen molar-refractivity contribution in [1.29, 1.82) is 5.26 Å². The Bertz CT molecular complexity index is 687. The maximum Gasteiger partial charge on any atom is 0.414 e. The van der Waals surface area contributed by atoms with E-state index in [1.165, 1.54) is 6.20 Å². The van der Waals surface area contributed by atoms with Crippen LogP contribution in [0.2, 0.25) is 0 Å². The fraction of sp³-hybridized carbons (Fsp3) is 0.421. The van der Waals surface area contributed by atoms with Crippen molar-refractivity contribution in [2.45, 2.75) is 39.3 Å². The minimum atomic E-state index is -0.700. The van der Waals surface area contributed by atoms with Crippen molar-refractivity contribution in [2.75, 3.05) is 13.1 Å². The van der Waals surface area contributed by atoms with Crippen LogP contribution in [0.1, 0.15) is 39.3 Å². The number of nitriles is 1. The van der Waals surface area contributed by atoms with E-state index in [1.54, 1.807) is 20.8 Å². The predicted molar refractivity (Wildman–Crippen MR) is 98.7 cm³/mol. The molecule has 1 unspecified atom stereocenters. The van der Waals surface area contributed by atoms with E-state index < -0.39 is 17.6 Å². The van der Waals surface area contributed by atoms with E-state index in [2.05, 4.69) is 5.32 Å². The molecule has 0 aliphatic heterocycles. The van der Waals surface area contributed by atoms with E-state index in [1.807, 2.05) is 43.3 Å². The smallest absolute Gasteiger partial charge is 0.414 e. The van der Waals surface area contributed by atoms with Crippen molar-refractivity contribution in [1.82, 2.24) is 10.2 Å². The summed E-state index contributed by atoms with van der Waals surface area (Å²) in [5, 5.41) is 12.1. The molecule has 1 aromatic rings. The number of hydrogen-bond acceptors (Lipinski definition) is 5. The van der Waals surface area contributed by atoms with Gasteiger partial charge in [-0.05, 0) is 33.3 Å². The second-order valence-corrected chi connectivity index (χ2v) is 6.72. The molecule has 26 heavy (non-hydrogen) atoms. The number of benzene rings is 1. The monoisotopic (exact) mass is 358 g/mol. The summed E-state index contributed by atoms with van der Waals surface area (Å²) in [5.41, 5.74) is 5.52. The van der Waals surface area contributed by atoms with E-state index in [0.717, 1.165) is 10.5 Å². The predicted octanol–water partition coefficient (Wildman–Crippen LogP) is 2.47. The Hall–Kier alpha value is -2.85. The number of nitrogens with zero attached hydrogens (tertiary/aromatic N) is 2. The number of hydrogen-bond donors (Lipinski definition) is 2. The van der Waals surface area contributed by atoms with E-state index in [0.29, 0.717) is 0 Å². The zero-order valence-electron chi connectivity index (χ0n) is 15.7. The molecule has 1 aromatic carbocycles. The standard InChI is InChI=1S/C19H26N4O3/c1-14(15-8-6-5-7-9-15)22-17(24)16(12-21)13-23(11-10-20)18(25)26-19(2,3)4/h5-9,13-14H,10-11,20H2,1-4H3,(H,22,24)/b16-13-. The summed E-state index contributed by atoms with van der Waals surface area (Å²) in [6.07, 6.45) is 0.508. The molecule has 2 amide bonds. The molecule has 0 aromatic heterocycles. The van der Waals surface area contributed by atoms with Gasteiger partial charge in [0.15, 0.2) is 0 Å². The van der Waals surface area contributed by atoms with Gasteiger partial charge in [0.25, 0.3) is 5.91 Å². The molecular weight excluding hydrogens is 332 g/mol. The van der Waals surface area contributed by atoms with Gasteiger partial charge in [-0.1, -0.05) is 30.3 Å². The molecule has 0 fully saturated rings. The molecule has 1 rings (SSSR count).